The van der Waals surface area contributed by atoms with Crippen molar-refractivity contribution in [2.24, 2.45) is 0 Å². The van der Waals surface area contributed by atoms with Gasteiger partial charge in [0, 0.05) is 16.6 Å². The lowest BCUT2D eigenvalue weighted by atomic mass is 10.3. The van der Waals surface area contributed by atoms with Crippen LogP contribution in [0.1, 0.15) is 0 Å². The van der Waals surface area contributed by atoms with Crippen molar-refractivity contribution in [3.8, 4) is 11.5 Å². The molecule has 0 aliphatic rings. The highest BCUT2D eigenvalue weighted by atomic mass is 32.2. The lowest BCUT2D eigenvalue weighted by Gasteiger charge is -2.09. The fraction of sp³-hybridized carbons (Fsp3) is 0.200. The summed E-state index contributed by atoms with van der Waals surface area (Å²) in [7, 11) is 0. The molecule has 0 aliphatic heterocycles. The first-order valence-corrected chi connectivity index (χ1v) is 7.25. The van der Waals surface area contributed by atoms with E-state index < -0.39 is 0 Å². The number of ether oxygens (including phenoxy) is 2. The van der Waals surface area contributed by atoms with Gasteiger partial charge in [0.05, 0.1) is 0 Å². The highest BCUT2D eigenvalue weighted by molar-refractivity contribution is 7.98. The Hall–Kier alpha value is -1.81. The number of nitrogen functional groups attached to an aromatic ring is 1. The van der Waals surface area contributed by atoms with E-state index in [0.717, 1.165) is 11.5 Å². The number of hydrogen-bond acceptors (Lipinski definition) is 4. The topological polar surface area (TPSA) is 44.5 Å². The number of thioether (sulfide) groups is 1. The van der Waals surface area contributed by atoms with Crippen LogP contribution in [0.4, 0.5) is 5.69 Å². The van der Waals surface area contributed by atoms with Crippen LogP contribution in [0.15, 0.2) is 53.4 Å². The predicted molar refractivity (Wildman–Crippen MR) is 80.1 cm³/mol. The molecule has 0 aliphatic carbocycles. The van der Waals surface area contributed by atoms with Crippen LogP contribution in [0, 0.1) is 0 Å². The second-order valence-electron chi connectivity index (χ2n) is 3.94. The molecule has 19 heavy (non-hydrogen) atoms. The molecule has 0 bridgehead atoms. The van der Waals surface area contributed by atoms with Crippen LogP contribution in [0.2, 0.25) is 0 Å². The average molecular weight is 275 g/mol. The Morgan fingerprint density at radius 1 is 0.947 bits per heavy atom. The van der Waals surface area contributed by atoms with Crippen molar-refractivity contribution in [3.63, 3.8) is 0 Å². The van der Waals surface area contributed by atoms with Gasteiger partial charge < -0.3 is 15.2 Å². The minimum atomic E-state index is 0.494. The fourth-order valence-corrected chi connectivity index (χ4v) is 2.00. The minimum absolute atomic E-state index is 0.494. The summed E-state index contributed by atoms with van der Waals surface area (Å²) in [6.07, 6.45) is 2.05. The Labute approximate surface area is 117 Å². The van der Waals surface area contributed by atoms with E-state index in [0.29, 0.717) is 18.9 Å². The Balaban J connectivity index is 1.74. The van der Waals surface area contributed by atoms with Gasteiger partial charge in [-0.15, -0.1) is 11.8 Å². The molecular formula is C15H17NO2S. The van der Waals surface area contributed by atoms with Crippen molar-refractivity contribution in [2.45, 2.75) is 4.90 Å². The quantitative estimate of drug-likeness (QED) is 0.498. The van der Waals surface area contributed by atoms with E-state index in [9.17, 15) is 0 Å². The lowest BCUT2D eigenvalue weighted by Crippen LogP contribution is -2.09. The highest BCUT2D eigenvalue weighted by Gasteiger charge is 1.97. The van der Waals surface area contributed by atoms with Gasteiger partial charge in [-0.05, 0) is 42.7 Å². The smallest absolute Gasteiger partial charge is 0.122 e. The first-order chi connectivity index (χ1) is 9.28. The van der Waals surface area contributed by atoms with Gasteiger partial charge in [0.1, 0.15) is 24.7 Å². The van der Waals surface area contributed by atoms with Gasteiger partial charge in [0.15, 0.2) is 0 Å². The maximum Gasteiger partial charge on any atom is 0.122 e. The third kappa shape index (κ3) is 4.41. The zero-order chi connectivity index (χ0) is 13.5. The first kappa shape index (κ1) is 13.6. The molecule has 0 fully saturated rings. The summed E-state index contributed by atoms with van der Waals surface area (Å²) in [6.45, 7) is 1.00. The Morgan fingerprint density at radius 3 is 2.26 bits per heavy atom. The molecule has 0 aromatic heterocycles. The van der Waals surface area contributed by atoms with E-state index in [2.05, 4.69) is 6.26 Å². The molecule has 0 spiro atoms. The van der Waals surface area contributed by atoms with Crippen LogP contribution in [0.3, 0.4) is 0 Å². The number of anilines is 1. The van der Waals surface area contributed by atoms with Gasteiger partial charge in [0.2, 0.25) is 0 Å². The Morgan fingerprint density at radius 2 is 1.63 bits per heavy atom. The Bertz CT molecular complexity index is 514. The standard InChI is InChI=1S/C15H17NO2S/c1-19-15-7-5-13(6-8-15)17-9-10-18-14-4-2-3-12(16)11-14/h2-8,11H,9-10,16H2,1H3. The number of benzene rings is 2. The van der Waals surface area contributed by atoms with E-state index in [1.165, 1.54) is 4.90 Å². The minimum Gasteiger partial charge on any atom is -0.490 e. The summed E-state index contributed by atoms with van der Waals surface area (Å²) < 4.78 is 11.1. The summed E-state index contributed by atoms with van der Waals surface area (Å²) in [5.74, 6) is 1.62. The van der Waals surface area contributed by atoms with Gasteiger partial charge in [-0.2, -0.15) is 0 Å². The molecule has 0 amide bonds. The number of rotatable bonds is 6. The molecule has 0 saturated carbocycles. The molecule has 2 aromatic carbocycles. The first-order valence-electron chi connectivity index (χ1n) is 6.03. The van der Waals surface area contributed by atoms with Crippen molar-refractivity contribution >= 4 is 17.4 Å². The maximum absolute atomic E-state index is 5.67. The molecule has 0 heterocycles. The lowest BCUT2D eigenvalue weighted by molar-refractivity contribution is 0.217. The van der Waals surface area contributed by atoms with Crippen molar-refractivity contribution in [2.75, 3.05) is 25.2 Å². The average Bonchev–Trinajstić information content (AvgIpc) is 2.44. The SMILES string of the molecule is CSc1ccc(OCCOc2cccc(N)c2)cc1. The molecule has 0 atom stereocenters. The summed E-state index contributed by atoms with van der Waals surface area (Å²) in [6, 6.07) is 15.4. The monoisotopic (exact) mass is 275 g/mol. The van der Waals surface area contributed by atoms with Crippen LogP contribution in [-0.4, -0.2) is 19.5 Å². The van der Waals surface area contributed by atoms with Crippen LogP contribution < -0.4 is 15.2 Å². The van der Waals surface area contributed by atoms with E-state index in [1.54, 1.807) is 17.8 Å². The van der Waals surface area contributed by atoms with Crippen molar-refractivity contribution < 1.29 is 9.47 Å². The third-order valence-corrected chi connectivity index (χ3v) is 3.28. The summed E-state index contributed by atoms with van der Waals surface area (Å²) in [5.41, 5.74) is 6.37. The fourth-order valence-electron chi connectivity index (χ4n) is 1.60. The molecule has 4 heteroatoms. The van der Waals surface area contributed by atoms with Crippen molar-refractivity contribution in [1.29, 1.82) is 0 Å². The zero-order valence-corrected chi connectivity index (χ0v) is 11.7. The largest absolute Gasteiger partial charge is 0.490 e. The Kier molecular flexibility index (Phi) is 4.98. The van der Waals surface area contributed by atoms with Crippen LogP contribution >= 0.6 is 11.8 Å². The van der Waals surface area contributed by atoms with Gasteiger partial charge in [0.25, 0.3) is 0 Å². The van der Waals surface area contributed by atoms with Crippen molar-refractivity contribution in [1.82, 2.24) is 0 Å². The zero-order valence-electron chi connectivity index (χ0n) is 10.8. The molecule has 2 aromatic rings. The van der Waals surface area contributed by atoms with Gasteiger partial charge in [-0.25, -0.2) is 0 Å². The summed E-state index contributed by atoms with van der Waals surface area (Å²) in [5, 5.41) is 0. The predicted octanol–water partition coefficient (Wildman–Crippen LogP) is 3.45. The number of hydrogen-bond donors (Lipinski definition) is 1. The molecular weight excluding hydrogens is 258 g/mol. The van der Waals surface area contributed by atoms with Gasteiger partial charge in [-0.3, -0.25) is 0 Å². The van der Waals surface area contributed by atoms with Crippen molar-refractivity contribution in [3.05, 3.63) is 48.5 Å². The molecule has 2 N–H and O–H groups in total. The summed E-state index contributed by atoms with van der Waals surface area (Å²) >= 11 is 1.71. The third-order valence-electron chi connectivity index (χ3n) is 2.54. The maximum atomic E-state index is 5.67. The van der Waals surface area contributed by atoms with Crippen LogP contribution in [0.25, 0.3) is 0 Å². The van der Waals surface area contributed by atoms with E-state index >= 15 is 0 Å². The number of nitrogens with two attached hydrogens (primary N) is 1. The molecule has 100 valence electrons. The highest BCUT2D eigenvalue weighted by Crippen LogP contribution is 2.19. The molecule has 0 unspecified atom stereocenters. The second-order valence-corrected chi connectivity index (χ2v) is 4.82. The normalized spacial score (nSPS) is 10.2. The molecule has 2 rings (SSSR count). The molecule has 3 nitrogen and oxygen atoms in total. The molecule has 0 radical (unpaired) electrons. The van der Waals surface area contributed by atoms with Crippen LogP contribution in [-0.2, 0) is 0 Å². The van der Waals surface area contributed by atoms with E-state index in [-0.39, 0.29) is 0 Å². The summed E-state index contributed by atoms with van der Waals surface area (Å²) in [4.78, 5) is 1.23. The van der Waals surface area contributed by atoms with Crippen LogP contribution in [0.5, 0.6) is 11.5 Å². The van der Waals surface area contributed by atoms with Gasteiger partial charge >= 0.3 is 0 Å². The van der Waals surface area contributed by atoms with E-state index in [1.807, 2.05) is 42.5 Å². The molecule has 0 saturated heterocycles. The van der Waals surface area contributed by atoms with Gasteiger partial charge in [-0.1, -0.05) is 6.07 Å². The second kappa shape index (κ2) is 6.95. The van der Waals surface area contributed by atoms with E-state index in [4.69, 9.17) is 15.2 Å².